The number of nitrogens with one attached hydrogen (secondary N) is 2. The van der Waals surface area contributed by atoms with Crippen LogP contribution in [-0.2, 0) is 10.0 Å². The number of carbonyl (C=O) groups excluding carboxylic acids is 1. The van der Waals surface area contributed by atoms with Gasteiger partial charge < -0.3 is 10.2 Å². The Hall–Kier alpha value is -3.18. The molecule has 45 heavy (non-hydrogen) atoms. The fourth-order valence-electron chi connectivity index (χ4n) is 9.58. The van der Waals surface area contributed by atoms with Crippen LogP contribution in [0.15, 0.2) is 47.4 Å². The molecule has 0 aromatic heterocycles. The minimum absolute atomic E-state index is 0.217. The molecule has 0 radical (unpaired) electrons. The topological polar surface area (TPSA) is 125 Å². The van der Waals surface area contributed by atoms with Crippen LogP contribution < -0.4 is 14.9 Å². The van der Waals surface area contributed by atoms with Crippen LogP contribution in [0.1, 0.15) is 81.0 Å². The highest BCUT2D eigenvalue weighted by Gasteiger charge is 2.53. The molecule has 6 aliphatic rings. The summed E-state index contributed by atoms with van der Waals surface area (Å²) in [5.41, 5.74) is 1.61. The van der Waals surface area contributed by atoms with Crippen molar-refractivity contribution in [3.63, 3.8) is 0 Å². The van der Waals surface area contributed by atoms with Gasteiger partial charge in [0.2, 0.25) is 0 Å². The summed E-state index contributed by atoms with van der Waals surface area (Å²) in [6.45, 7) is 4.58. The number of benzene rings is 2. The predicted octanol–water partition coefficient (Wildman–Crippen LogP) is 5.80. The summed E-state index contributed by atoms with van der Waals surface area (Å²) in [4.78, 5) is 29.0. The molecule has 11 heteroatoms. The van der Waals surface area contributed by atoms with Gasteiger partial charge in [-0.2, -0.15) is 0 Å². The third-order valence-electron chi connectivity index (χ3n) is 11.5. The maximum Gasteiger partial charge on any atom is 0.293 e. The maximum atomic E-state index is 13.1. The summed E-state index contributed by atoms with van der Waals surface area (Å²) in [6, 6.07) is 10.8. The molecule has 1 heterocycles. The first kappa shape index (κ1) is 30.5. The standard InChI is InChI=1S/C34H45N5O5S/c40-33(36-45(43,44)30-10-11-31(32(19-30)39(41)42)35-23-24-4-2-1-3-5-24)28-6-8-29(9-7-28)37-12-14-38(15-13-37)34-20-25-16-26(21-34)18-27(17-25)22-34/h6-11,19,24-27,35H,1-5,12-18,20-23H2,(H,36,40). The number of piperazine rings is 1. The van der Waals surface area contributed by atoms with Crippen molar-refractivity contribution in [2.75, 3.05) is 42.9 Å². The minimum Gasteiger partial charge on any atom is -0.379 e. The lowest BCUT2D eigenvalue weighted by Gasteiger charge is -2.61. The van der Waals surface area contributed by atoms with Gasteiger partial charge in [-0.1, -0.05) is 19.3 Å². The molecule has 8 rings (SSSR count). The van der Waals surface area contributed by atoms with Crippen molar-refractivity contribution >= 4 is 33.0 Å². The third-order valence-corrected chi connectivity index (χ3v) is 12.8. The zero-order valence-corrected chi connectivity index (χ0v) is 26.8. The zero-order valence-electron chi connectivity index (χ0n) is 26.0. The summed E-state index contributed by atoms with van der Waals surface area (Å²) in [6.07, 6.45) is 14.2. The number of nitro benzene ring substituents is 1. The molecule has 1 amide bonds. The van der Waals surface area contributed by atoms with E-state index in [1.165, 1.54) is 57.1 Å². The second kappa shape index (κ2) is 12.2. The van der Waals surface area contributed by atoms with Crippen LogP contribution in [0.5, 0.6) is 0 Å². The molecule has 1 aliphatic heterocycles. The number of carbonyl (C=O) groups is 1. The molecule has 0 spiro atoms. The average molecular weight is 636 g/mol. The van der Waals surface area contributed by atoms with Crippen LogP contribution in [0, 0.1) is 33.8 Å². The Balaban J connectivity index is 0.958. The molecule has 2 N–H and O–H groups in total. The van der Waals surface area contributed by atoms with Gasteiger partial charge in [-0.15, -0.1) is 0 Å². The van der Waals surface area contributed by atoms with Crippen molar-refractivity contribution in [2.24, 2.45) is 23.7 Å². The molecule has 2 aromatic rings. The summed E-state index contributed by atoms with van der Waals surface area (Å²) in [5.74, 6) is 2.47. The lowest BCUT2D eigenvalue weighted by Crippen LogP contribution is -2.63. The number of anilines is 2. The van der Waals surface area contributed by atoms with Crippen LogP contribution in [0.4, 0.5) is 17.1 Å². The van der Waals surface area contributed by atoms with Gasteiger partial charge >= 0.3 is 0 Å². The highest BCUT2D eigenvalue weighted by molar-refractivity contribution is 7.90. The van der Waals surface area contributed by atoms with Gasteiger partial charge in [0.25, 0.3) is 21.6 Å². The third kappa shape index (κ3) is 6.30. The van der Waals surface area contributed by atoms with E-state index in [0.717, 1.165) is 81.4 Å². The number of sulfonamides is 1. The van der Waals surface area contributed by atoms with Gasteiger partial charge in [0.15, 0.2) is 0 Å². The molecule has 2 aromatic carbocycles. The van der Waals surface area contributed by atoms with E-state index in [4.69, 9.17) is 0 Å². The van der Waals surface area contributed by atoms with Crippen LogP contribution in [0.25, 0.3) is 0 Å². The molecular formula is C34H45N5O5S. The summed E-state index contributed by atoms with van der Waals surface area (Å²) in [7, 11) is -4.32. The van der Waals surface area contributed by atoms with E-state index in [0.29, 0.717) is 18.0 Å². The van der Waals surface area contributed by atoms with Gasteiger partial charge in [-0.25, -0.2) is 13.1 Å². The molecule has 6 fully saturated rings. The van der Waals surface area contributed by atoms with Gasteiger partial charge in [0.1, 0.15) is 5.69 Å². The molecular weight excluding hydrogens is 590 g/mol. The summed E-state index contributed by atoms with van der Waals surface area (Å²) >= 11 is 0. The Labute approximate surface area is 266 Å². The van der Waals surface area contributed by atoms with Crippen molar-refractivity contribution < 1.29 is 18.1 Å². The van der Waals surface area contributed by atoms with Crippen molar-refractivity contribution in [1.29, 1.82) is 0 Å². The molecule has 10 nitrogen and oxygen atoms in total. The first-order chi connectivity index (χ1) is 21.7. The lowest BCUT2D eigenvalue weighted by molar-refractivity contribution is -0.384. The van der Waals surface area contributed by atoms with Gasteiger partial charge in [0, 0.05) is 55.6 Å². The number of rotatable bonds is 9. The number of hydrogen-bond acceptors (Lipinski definition) is 8. The van der Waals surface area contributed by atoms with Crippen molar-refractivity contribution in [1.82, 2.24) is 9.62 Å². The fraction of sp³-hybridized carbons (Fsp3) is 0.618. The first-order valence-corrected chi connectivity index (χ1v) is 18.4. The minimum atomic E-state index is -4.32. The Bertz CT molecular complexity index is 1500. The quantitative estimate of drug-likeness (QED) is 0.262. The van der Waals surface area contributed by atoms with Gasteiger partial charge in [-0.3, -0.25) is 19.8 Å². The van der Waals surface area contributed by atoms with Crippen LogP contribution >= 0.6 is 0 Å². The second-order valence-electron chi connectivity index (χ2n) is 14.4. The Morgan fingerprint density at radius 2 is 1.51 bits per heavy atom. The zero-order chi connectivity index (χ0) is 31.2. The highest BCUT2D eigenvalue weighted by atomic mass is 32.2. The molecule has 242 valence electrons. The van der Waals surface area contributed by atoms with Crippen LogP contribution in [0.3, 0.4) is 0 Å². The van der Waals surface area contributed by atoms with Gasteiger partial charge in [0.05, 0.1) is 9.82 Å². The lowest BCUT2D eigenvalue weighted by atomic mass is 9.52. The number of nitro groups is 1. The van der Waals surface area contributed by atoms with E-state index >= 15 is 0 Å². The van der Waals surface area contributed by atoms with Crippen molar-refractivity contribution in [3.05, 3.63) is 58.1 Å². The molecule has 4 bridgehead atoms. The molecule has 5 saturated carbocycles. The number of amides is 1. The normalized spacial score (nSPS) is 28.6. The predicted molar refractivity (Wildman–Crippen MR) is 174 cm³/mol. The van der Waals surface area contributed by atoms with Crippen LogP contribution in [0.2, 0.25) is 0 Å². The average Bonchev–Trinajstić information content (AvgIpc) is 3.03. The van der Waals surface area contributed by atoms with E-state index in [1.54, 1.807) is 12.1 Å². The highest BCUT2D eigenvalue weighted by Crippen LogP contribution is 2.58. The molecule has 1 saturated heterocycles. The molecule has 0 atom stereocenters. The SMILES string of the molecule is O=C(NS(=O)(=O)c1ccc(NCC2CCCCC2)c([N+](=O)[O-])c1)c1ccc(N2CCN(C34CC5CC(CC(C5)C3)C4)CC2)cc1. The number of nitrogens with zero attached hydrogens (tertiary/aromatic N) is 3. The van der Waals surface area contributed by atoms with Crippen molar-refractivity contribution in [3.8, 4) is 0 Å². The Morgan fingerprint density at radius 3 is 2.11 bits per heavy atom. The summed E-state index contributed by atoms with van der Waals surface area (Å²) < 4.78 is 28.3. The number of hydrogen-bond donors (Lipinski definition) is 2. The van der Waals surface area contributed by atoms with Crippen LogP contribution in [-0.4, -0.2) is 62.4 Å². The smallest absolute Gasteiger partial charge is 0.293 e. The monoisotopic (exact) mass is 635 g/mol. The Morgan fingerprint density at radius 1 is 0.889 bits per heavy atom. The van der Waals surface area contributed by atoms with E-state index < -0.39 is 20.9 Å². The Kier molecular flexibility index (Phi) is 8.27. The van der Waals surface area contributed by atoms with E-state index in [-0.39, 0.29) is 21.8 Å². The largest absolute Gasteiger partial charge is 0.379 e. The maximum absolute atomic E-state index is 13.1. The molecule has 5 aliphatic carbocycles. The first-order valence-electron chi connectivity index (χ1n) is 16.9. The fourth-order valence-corrected chi connectivity index (χ4v) is 10.6. The van der Waals surface area contributed by atoms with E-state index in [9.17, 15) is 23.3 Å². The summed E-state index contributed by atoms with van der Waals surface area (Å²) in [5, 5.41) is 14.9. The van der Waals surface area contributed by atoms with E-state index in [1.807, 2.05) is 12.1 Å². The van der Waals surface area contributed by atoms with Gasteiger partial charge in [-0.05, 0) is 111 Å². The van der Waals surface area contributed by atoms with E-state index in [2.05, 4.69) is 19.8 Å². The second-order valence-corrected chi connectivity index (χ2v) is 16.1. The molecule has 0 unspecified atom stereocenters. The van der Waals surface area contributed by atoms with Crippen molar-refractivity contribution in [2.45, 2.75) is 81.1 Å².